The molecule has 1 aromatic carbocycles. The molecule has 1 aliphatic heterocycles. The van der Waals surface area contributed by atoms with Gasteiger partial charge in [0, 0.05) is 31.7 Å². The summed E-state index contributed by atoms with van der Waals surface area (Å²) in [4.78, 5) is 1.81. The second kappa shape index (κ2) is 8.56. The Morgan fingerprint density at radius 3 is 2.35 bits per heavy atom. The predicted octanol–water partition coefficient (Wildman–Crippen LogP) is 2.43. The first kappa shape index (κ1) is 19.3. The van der Waals surface area contributed by atoms with E-state index in [9.17, 15) is 18.3 Å². The average Bonchev–Trinajstić information content (AvgIpc) is 2.41. The molecule has 116 valence electrons. The van der Waals surface area contributed by atoms with Crippen molar-refractivity contribution in [2.75, 3.05) is 32.9 Å². The number of hydrogen-bond acceptors (Lipinski definition) is 3. The van der Waals surface area contributed by atoms with Crippen molar-refractivity contribution < 1.29 is 18.3 Å². The number of benzene rings is 1. The molecule has 0 bridgehead atoms. The van der Waals surface area contributed by atoms with Crippen LogP contribution < -0.4 is 5.32 Å². The Labute approximate surface area is 128 Å². The lowest BCUT2D eigenvalue weighted by molar-refractivity contribution is 0.144. The van der Waals surface area contributed by atoms with E-state index in [0.29, 0.717) is 26.2 Å². The van der Waals surface area contributed by atoms with Crippen LogP contribution in [0.15, 0.2) is 12.1 Å². The molecule has 1 heterocycles. The zero-order valence-corrected chi connectivity index (χ0v) is 12.2. The van der Waals surface area contributed by atoms with E-state index in [2.05, 4.69) is 5.32 Å². The van der Waals surface area contributed by atoms with Crippen LogP contribution in [0, 0.1) is 11.6 Å². The van der Waals surface area contributed by atoms with Gasteiger partial charge in [-0.1, -0.05) is 6.07 Å². The number of aromatic hydroxyl groups is 1. The summed E-state index contributed by atoms with van der Waals surface area (Å²) < 4.78 is 39.3. The van der Waals surface area contributed by atoms with Gasteiger partial charge in [0.25, 0.3) is 0 Å². The van der Waals surface area contributed by atoms with Crippen molar-refractivity contribution in [1.82, 2.24) is 10.2 Å². The predicted molar refractivity (Wildman–Crippen MR) is 75.7 cm³/mol. The van der Waals surface area contributed by atoms with Gasteiger partial charge >= 0.3 is 0 Å². The number of nitrogens with one attached hydrogen (secondary N) is 1. The quantitative estimate of drug-likeness (QED) is 0.892. The van der Waals surface area contributed by atoms with E-state index in [0.717, 1.165) is 6.07 Å². The molecule has 0 amide bonds. The Kier molecular flexibility index (Phi) is 8.27. The molecule has 2 rings (SSSR count). The van der Waals surface area contributed by atoms with Crippen LogP contribution in [0.5, 0.6) is 5.75 Å². The molecular formula is C12H17Cl2F3N2O. The lowest BCUT2D eigenvalue weighted by Gasteiger charge is -2.33. The summed E-state index contributed by atoms with van der Waals surface area (Å²) in [7, 11) is 0. The number of phenols is 1. The van der Waals surface area contributed by atoms with E-state index in [-0.39, 0.29) is 30.4 Å². The third-order valence-electron chi connectivity index (χ3n) is 3.20. The van der Waals surface area contributed by atoms with Crippen molar-refractivity contribution in [3.05, 3.63) is 29.3 Å². The number of alkyl halides is 1. The standard InChI is InChI=1S/C12H15F3N2O.2ClH/c13-7-10(17-5-3-16-4-6-17)8-1-2-9(14)11(15)12(8)18;;/h1-2,10,16,18H,3-7H2;2*1H/t10-;;/m0../s1. The smallest absolute Gasteiger partial charge is 0.200 e. The molecule has 1 saturated heterocycles. The van der Waals surface area contributed by atoms with Gasteiger partial charge in [-0.3, -0.25) is 4.90 Å². The Balaban J connectivity index is 0.00000180. The molecular weight excluding hydrogens is 316 g/mol. The van der Waals surface area contributed by atoms with Gasteiger partial charge in [0.05, 0.1) is 6.04 Å². The first-order valence-corrected chi connectivity index (χ1v) is 5.82. The molecule has 20 heavy (non-hydrogen) atoms. The topological polar surface area (TPSA) is 35.5 Å². The first-order valence-electron chi connectivity index (χ1n) is 5.82. The summed E-state index contributed by atoms with van der Waals surface area (Å²) >= 11 is 0. The molecule has 1 aliphatic rings. The summed E-state index contributed by atoms with van der Waals surface area (Å²) in [5.74, 6) is -3.24. The van der Waals surface area contributed by atoms with E-state index in [1.807, 2.05) is 4.90 Å². The van der Waals surface area contributed by atoms with Gasteiger partial charge in [0.2, 0.25) is 5.82 Å². The molecule has 1 fully saturated rings. The molecule has 0 aliphatic carbocycles. The van der Waals surface area contributed by atoms with Crippen LogP contribution in [0.25, 0.3) is 0 Å². The number of hydrogen-bond donors (Lipinski definition) is 2. The third-order valence-corrected chi connectivity index (χ3v) is 3.20. The minimum Gasteiger partial charge on any atom is -0.505 e. The molecule has 0 radical (unpaired) electrons. The number of rotatable bonds is 3. The van der Waals surface area contributed by atoms with Gasteiger partial charge in [0.15, 0.2) is 11.6 Å². The van der Waals surface area contributed by atoms with Crippen LogP contribution in [0.4, 0.5) is 13.2 Å². The van der Waals surface area contributed by atoms with Crippen LogP contribution in [-0.4, -0.2) is 42.9 Å². The van der Waals surface area contributed by atoms with Gasteiger partial charge < -0.3 is 10.4 Å². The van der Waals surface area contributed by atoms with Crippen LogP contribution in [0.1, 0.15) is 11.6 Å². The Bertz CT molecular complexity index is 431. The number of halogens is 5. The van der Waals surface area contributed by atoms with Crippen LogP contribution in [0.3, 0.4) is 0 Å². The monoisotopic (exact) mass is 332 g/mol. The van der Waals surface area contributed by atoms with Crippen molar-refractivity contribution in [1.29, 1.82) is 0 Å². The SMILES string of the molecule is Cl.Cl.Oc1c([C@H](CF)N2CCNCC2)ccc(F)c1F. The third kappa shape index (κ3) is 3.91. The van der Waals surface area contributed by atoms with Crippen molar-refractivity contribution >= 4 is 24.8 Å². The maximum Gasteiger partial charge on any atom is 0.200 e. The minimum absolute atomic E-state index is 0. The van der Waals surface area contributed by atoms with Crippen molar-refractivity contribution in [2.24, 2.45) is 0 Å². The highest BCUT2D eigenvalue weighted by molar-refractivity contribution is 5.85. The lowest BCUT2D eigenvalue weighted by atomic mass is 10.0. The van der Waals surface area contributed by atoms with E-state index in [1.54, 1.807) is 0 Å². The van der Waals surface area contributed by atoms with E-state index < -0.39 is 30.1 Å². The Morgan fingerprint density at radius 2 is 1.80 bits per heavy atom. The van der Waals surface area contributed by atoms with Gasteiger partial charge in [-0.25, -0.2) is 8.78 Å². The van der Waals surface area contributed by atoms with Gasteiger partial charge in [-0.2, -0.15) is 4.39 Å². The summed E-state index contributed by atoms with van der Waals surface area (Å²) in [6.07, 6.45) is 0. The van der Waals surface area contributed by atoms with Crippen LogP contribution in [-0.2, 0) is 0 Å². The molecule has 2 N–H and O–H groups in total. The normalized spacial score (nSPS) is 16.9. The van der Waals surface area contributed by atoms with Gasteiger partial charge in [-0.15, -0.1) is 24.8 Å². The minimum atomic E-state index is -1.32. The summed E-state index contributed by atoms with van der Waals surface area (Å²) in [6.45, 7) is 1.88. The maximum atomic E-state index is 13.3. The Morgan fingerprint density at radius 1 is 1.20 bits per heavy atom. The zero-order valence-electron chi connectivity index (χ0n) is 10.6. The molecule has 0 unspecified atom stereocenters. The van der Waals surface area contributed by atoms with Gasteiger partial charge in [-0.05, 0) is 6.07 Å². The lowest BCUT2D eigenvalue weighted by Crippen LogP contribution is -2.45. The summed E-state index contributed by atoms with van der Waals surface area (Å²) in [5.41, 5.74) is 0.0956. The van der Waals surface area contributed by atoms with Crippen molar-refractivity contribution in [3.8, 4) is 5.75 Å². The fourth-order valence-corrected chi connectivity index (χ4v) is 2.19. The second-order valence-electron chi connectivity index (χ2n) is 4.26. The second-order valence-corrected chi connectivity index (χ2v) is 4.26. The van der Waals surface area contributed by atoms with E-state index >= 15 is 0 Å². The molecule has 0 spiro atoms. The summed E-state index contributed by atoms with van der Waals surface area (Å²) in [5, 5.41) is 12.7. The number of nitrogens with zero attached hydrogens (tertiary/aromatic N) is 1. The number of phenolic OH excluding ortho intramolecular Hbond substituents is 1. The molecule has 0 saturated carbocycles. The zero-order chi connectivity index (χ0) is 13.1. The molecule has 1 aromatic rings. The molecule has 0 aromatic heterocycles. The van der Waals surface area contributed by atoms with Crippen LogP contribution >= 0.6 is 24.8 Å². The molecule has 8 heteroatoms. The highest BCUT2D eigenvalue weighted by Crippen LogP contribution is 2.32. The maximum absolute atomic E-state index is 13.3. The van der Waals surface area contributed by atoms with E-state index in [4.69, 9.17) is 0 Å². The van der Waals surface area contributed by atoms with Crippen molar-refractivity contribution in [2.45, 2.75) is 6.04 Å². The fraction of sp³-hybridized carbons (Fsp3) is 0.500. The fourth-order valence-electron chi connectivity index (χ4n) is 2.19. The number of piperazine rings is 1. The molecule has 1 atom stereocenters. The average molecular weight is 333 g/mol. The van der Waals surface area contributed by atoms with Gasteiger partial charge in [0.1, 0.15) is 6.67 Å². The first-order chi connectivity index (χ1) is 8.65. The highest BCUT2D eigenvalue weighted by atomic mass is 35.5. The largest absolute Gasteiger partial charge is 0.505 e. The van der Waals surface area contributed by atoms with Crippen LogP contribution in [0.2, 0.25) is 0 Å². The highest BCUT2D eigenvalue weighted by Gasteiger charge is 2.26. The Hall–Kier alpha value is -0.690. The summed E-state index contributed by atoms with van der Waals surface area (Å²) in [6, 6.07) is 1.41. The van der Waals surface area contributed by atoms with Crippen molar-refractivity contribution in [3.63, 3.8) is 0 Å². The van der Waals surface area contributed by atoms with E-state index in [1.165, 1.54) is 6.07 Å². The molecule has 3 nitrogen and oxygen atoms in total.